The van der Waals surface area contributed by atoms with Crippen LogP contribution in [0.25, 0.3) is 11.3 Å². The fourth-order valence-corrected chi connectivity index (χ4v) is 1.50. The third-order valence-corrected chi connectivity index (χ3v) is 2.18. The number of aryl methyl sites for hydroxylation is 2. The summed E-state index contributed by atoms with van der Waals surface area (Å²) in [7, 11) is 1.93. The summed E-state index contributed by atoms with van der Waals surface area (Å²) in [6.45, 7) is 2.14. The van der Waals surface area contributed by atoms with Gasteiger partial charge in [-0.15, -0.1) is 0 Å². The maximum Gasteiger partial charge on any atom is 0.0941 e. The predicted molar refractivity (Wildman–Crippen MR) is 52.4 cm³/mol. The zero-order valence-corrected chi connectivity index (χ0v) is 7.91. The Morgan fingerprint density at radius 2 is 2.31 bits per heavy atom. The smallest absolute Gasteiger partial charge is 0.0941 e. The number of aromatic amines is 1. The second-order valence-corrected chi connectivity index (χ2v) is 3.10. The number of hydrogen-bond donors (Lipinski definition) is 1. The summed E-state index contributed by atoms with van der Waals surface area (Å²) < 4.78 is 1.82. The van der Waals surface area contributed by atoms with Crippen LogP contribution in [0.4, 0.5) is 0 Å². The van der Waals surface area contributed by atoms with Crippen LogP contribution in [-0.4, -0.2) is 14.8 Å². The molecular formula is C10H13N3. The molecule has 0 aromatic carbocycles. The summed E-state index contributed by atoms with van der Waals surface area (Å²) in [5, 5.41) is 4.36. The van der Waals surface area contributed by atoms with Crippen LogP contribution in [0.1, 0.15) is 12.6 Å². The van der Waals surface area contributed by atoms with Gasteiger partial charge in [-0.3, -0.25) is 4.68 Å². The largest absolute Gasteiger partial charge is 0.364 e. The molecule has 2 rings (SSSR count). The summed E-state index contributed by atoms with van der Waals surface area (Å²) in [4.78, 5) is 3.21. The first-order chi connectivity index (χ1) is 6.31. The van der Waals surface area contributed by atoms with Gasteiger partial charge < -0.3 is 4.98 Å². The lowest BCUT2D eigenvalue weighted by molar-refractivity contribution is 0.770. The van der Waals surface area contributed by atoms with E-state index in [1.54, 1.807) is 0 Å². The van der Waals surface area contributed by atoms with Gasteiger partial charge in [0, 0.05) is 30.7 Å². The van der Waals surface area contributed by atoms with Crippen LogP contribution >= 0.6 is 0 Å². The van der Waals surface area contributed by atoms with Crippen LogP contribution in [-0.2, 0) is 13.5 Å². The van der Waals surface area contributed by atoms with Crippen molar-refractivity contribution < 1.29 is 0 Å². The van der Waals surface area contributed by atoms with E-state index in [0.717, 1.165) is 12.1 Å². The molecular weight excluding hydrogens is 162 g/mol. The first kappa shape index (κ1) is 8.10. The topological polar surface area (TPSA) is 33.6 Å². The first-order valence-electron chi connectivity index (χ1n) is 4.47. The minimum atomic E-state index is 1.01. The molecule has 0 aliphatic carbocycles. The van der Waals surface area contributed by atoms with Gasteiger partial charge in [-0.05, 0) is 18.6 Å². The van der Waals surface area contributed by atoms with Gasteiger partial charge in [0.2, 0.25) is 0 Å². The Balaban J connectivity index is 2.45. The molecule has 0 aliphatic rings. The van der Waals surface area contributed by atoms with Crippen molar-refractivity contribution in [2.75, 3.05) is 0 Å². The zero-order valence-electron chi connectivity index (χ0n) is 7.91. The number of H-pyrrole nitrogens is 1. The van der Waals surface area contributed by atoms with Crippen LogP contribution in [0.5, 0.6) is 0 Å². The summed E-state index contributed by atoms with van der Waals surface area (Å²) in [6, 6.07) is 4.10. The molecule has 3 heteroatoms. The zero-order chi connectivity index (χ0) is 9.26. The molecule has 0 bridgehead atoms. The van der Waals surface area contributed by atoms with Crippen molar-refractivity contribution in [3.8, 4) is 11.3 Å². The third kappa shape index (κ3) is 1.37. The average molecular weight is 175 g/mol. The Bertz CT molecular complexity index is 398. The van der Waals surface area contributed by atoms with Crippen molar-refractivity contribution in [1.82, 2.24) is 14.8 Å². The van der Waals surface area contributed by atoms with Gasteiger partial charge in [0.1, 0.15) is 0 Å². The normalized spacial score (nSPS) is 10.6. The van der Waals surface area contributed by atoms with Crippen LogP contribution in [0.2, 0.25) is 0 Å². The highest BCUT2D eigenvalue weighted by Crippen LogP contribution is 2.20. The van der Waals surface area contributed by atoms with Gasteiger partial charge in [-0.25, -0.2) is 0 Å². The lowest BCUT2D eigenvalue weighted by Gasteiger charge is -1.96. The van der Waals surface area contributed by atoms with E-state index in [-0.39, 0.29) is 0 Å². The molecule has 0 unspecified atom stereocenters. The molecule has 2 aromatic heterocycles. The summed E-state index contributed by atoms with van der Waals surface area (Å²) in [6.07, 6.45) is 4.93. The van der Waals surface area contributed by atoms with E-state index in [4.69, 9.17) is 0 Å². The van der Waals surface area contributed by atoms with E-state index in [1.165, 1.54) is 11.3 Å². The molecule has 0 spiro atoms. The van der Waals surface area contributed by atoms with E-state index in [1.807, 2.05) is 30.2 Å². The van der Waals surface area contributed by atoms with Crippen molar-refractivity contribution in [2.24, 2.45) is 7.05 Å². The standard InChI is InChI=1S/C10H13N3/c1-3-9-8(4-6-11-9)10-5-7-13(2)12-10/h4-7,11H,3H2,1-2H3. The van der Waals surface area contributed by atoms with Crippen molar-refractivity contribution in [1.29, 1.82) is 0 Å². The predicted octanol–water partition coefficient (Wildman–Crippen LogP) is 1.98. The maximum atomic E-state index is 4.36. The average Bonchev–Trinajstić information content (AvgIpc) is 2.71. The second kappa shape index (κ2) is 3.09. The Kier molecular flexibility index (Phi) is 1.93. The minimum absolute atomic E-state index is 1.01. The van der Waals surface area contributed by atoms with Crippen LogP contribution in [0, 0.1) is 0 Å². The van der Waals surface area contributed by atoms with Gasteiger partial charge >= 0.3 is 0 Å². The second-order valence-electron chi connectivity index (χ2n) is 3.10. The highest BCUT2D eigenvalue weighted by atomic mass is 15.2. The van der Waals surface area contributed by atoms with Crippen LogP contribution < -0.4 is 0 Å². The molecule has 2 aromatic rings. The number of hydrogen-bond acceptors (Lipinski definition) is 1. The van der Waals surface area contributed by atoms with Gasteiger partial charge in [0.05, 0.1) is 5.69 Å². The van der Waals surface area contributed by atoms with E-state index in [0.29, 0.717) is 0 Å². The lowest BCUT2D eigenvalue weighted by atomic mass is 10.1. The Morgan fingerprint density at radius 1 is 1.46 bits per heavy atom. The van der Waals surface area contributed by atoms with Gasteiger partial charge in [-0.2, -0.15) is 5.10 Å². The summed E-state index contributed by atoms with van der Waals surface area (Å²) in [5.41, 5.74) is 3.50. The molecule has 0 atom stereocenters. The van der Waals surface area contributed by atoms with Crippen LogP contribution in [0.3, 0.4) is 0 Å². The Labute approximate surface area is 77.4 Å². The third-order valence-electron chi connectivity index (χ3n) is 2.18. The fraction of sp³-hybridized carbons (Fsp3) is 0.300. The number of rotatable bonds is 2. The van der Waals surface area contributed by atoms with E-state index >= 15 is 0 Å². The quantitative estimate of drug-likeness (QED) is 0.744. The molecule has 2 heterocycles. The first-order valence-corrected chi connectivity index (χ1v) is 4.47. The highest BCUT2D eigenvalue weighted by molar-refractivity contribution is 5.61. The van der Waals surface area contributed by atoms with Crippen molar-refractivity contribution in [2.45, 2.75) is 13.3 Å². The molecule has 68 valence electrons. The Morgan fingerprint density at radius 3 is 2.92 bits per heavy atom. The highest BCUT2D eigenvalue weighted by Gasteiger charge is 2.06. The van der Waals surface area contributed by atoms with Crippen molar-refractivity contribution in [3.05, 3.63) is 30.2 Å². The van der Waals surface area contributed by atoms with Crippen molar-refractivity contribution in [3.63, 3.8) is 0 Å². The summed E-state index contributed by atoms with van der Waals surface area (Å²) in [5.74, 6) is 0. The minimum Gasteiger partial charge on any atom is -0.364 e. The van der Waals surface area contributed by atoms with E-state index < -0.39 is 0 Å². The number of nitrogens with one attached hydrogen (secondary N) is 1. The molecule has 0 aliphatic heterocycles. The van der Waals surface area contributed by atoms with Crippen LogP contribution in [0.15, 0.2) is 24.5 Å². The molecule has 0 saturated heterocycles. The van der Waals surface area contributed by atoms with Gasteiger partial charge in [-0.1, -0.05) is 6.92 Å². The SMILES string of the molecule is CCc1[nH]ccc1-c1ccn(C)n1. The number of nitrogens with zero attached hydrogens (tertiary/aromatic N) is 2. The van der Waals surface area contributed by atoms with E-state index in [2.05, 4.69) is 23.1 Å². The number of aromatic nitrogens is 3. The summed E-state index contributed by atoms with van der Waals surface area (Å²) >= 11 is 0. The maximum absolute atomic E-state index is 4.36. The monoisotopic (exact) mass is 175 g/mol. The van der Waals surface area contributed by atoms with Gasteiger partial charge in [0.25, 0.3) is 0 Å². The van der Waals surface area contributed by atoms with E-state index in [9.17, 15) is 0 Å². The molecule has 1 N–H and O–H groups in total. The molecule has 0 fully saturated rings. The van der Waals surface area contributed by atoms with Crippen molar-refractivity contribution >= 4 is 0 Å². The molecule has 0 saturated carbocycles. The fourth-order valence-electron chi connectivity index (χ4n) is 1.50. The molecule has 0 amide bonds. The Hall–Kier alpha value is -1.51. The molecule has 13 heavy (non-hydrogen) atoms. The van der Waals surface area contributed by atoms with Gasteiger partial charge in [0.15, 0.2) is 0 Å². The molecule has 0 radical (unpaired) electrons. The lowest BCUT2D eigenvalue weighted by Crippen LogP contribution is -1.89. The molecule has 3 nitrogen and oxygen atoms in total.